The number of rotatable bonds is 7. The Morgan fingerprint density at radius 2 is 1.91 bits per heavy atom. The molecule has 0 saturated heterocycles. The van der Waals surface area contributed by atoms with Gasteiger partial charge in [-0.05, 0) is 24.6 Å². The standard InChI is InChI=1S/C14H20Cl2N2O3S/c1-4-5-8-17(2)14(19)10-18(22(3,20)21)13-9-11(15)6-7-12(13)16/h6-7,9H,4-5,8,10H2,1-3H3. The lowest BCUT2D eigenvalue weighted by atomic mass is 10.3. The molecule has 1 rings (SSSR count). The number of carbonyl (C=O) groups is 1. The van der Waals surface area contributed by atoms with Crippen molar-refractivity contribution < 1.29 is 13.2 Å². The summed E-state index contributed by atoms with van der Waals surface area (Å²) < 4.78 is 25.0. The molecule has 124 valence electrons. The van der Waals surface area contributed by atoms with Crippen LogP contribution in [0.4, 0.5) is 5.69 Å². The predicted octanol–water partition coefficient (Wildman–Crippen LogP) is 3.02. The molecule has 0 bridgehead atoms. The van der Waals surface area contributed by atoms with E-state index in [1.807, 2.05) is 6.92 Å². The summed E-state index contributed by atoms with van der Waals surface area (Å²) in [5.41, 5.74) is 0.203. The number of likely N-dealkylation sites (N-methyl/N-ethyl adjacent to an activating group) is 1. The summed E-state index contributed by atoms with van der Waals surface area (Å²) in [6.07, 6.45) is 2.84. The summed E-state index contributed by atoms with van der Waals surface area (Å²) >= 11 is 12.0. The summed E-state index contributed by atoms with van der Waals surface area (Å²) in [4.78, 5) is 13.7. The minimum atomic E-state index is -3.66. The summed E-state index contributed by atoms with van der Waals surface area (Å²) in [5.74, 6) is -0.296. The van der Waals surface area contributed by atoms with Crippen LogP contribution in [0.3, 0.4) is 0 Å². The Kier molecular flexibility index (Phi) is 6.97. The second-order valence-electron chi connectivity index (χ2n) is 5.03. The Morgan fingerprint density at radius 1 is 1.27 bits per heavy atom. The predicted molar refractivity (Wildman–Crippen MR) is 91.2 cm³/mol. The molecule has 0 aliphatic rings. The van der Waals surface area contributed by atoms with Crippen LogP contribution in [0.5, 0.6) is 0 Å². The molecular weight excluding hydrogens is 347 g/mol. The Hall–Kier alpha value is -0.980. The van der Waals surface area contributed by atoms with Crippen LogP contribution >= 0.6 is 23.2 Å². The van der Waals surface area contributed by atoms with Gasteiger partial charge in [0.25, 0.3) is 0 Å². The van der Waals surface area contributed by atoms with Crippen LogP contribution in [0, 0.1) is 0 Å². The van der Waals surface area contributed by atoms with Crippen molar-refractivity contribution in [3.63, 3.8) is 0 Å². The lowest BCUT2D eigenvalue weighted by Gasteiger charge is -2.26. The first-order valence-corrected chi connectivity index (χ1v) is 9.44. The van der Waals surface area contributed by atoms with E-state index >= 15 is 0 Å². The van der Waals surface area contributed by atoms with Gasteiger partial charge in [-0.25, -0.2) is 8.42 Å². The zero-order chi connectivity index (χ0) is 16.9. The molecule has 8 heteroatoms. The van der Waals surface area contributed by atoms with E-state index in [-0.39, 0.29) is 23.2 Å². The Bertz CT molecular complexity index is 635. The zero-order valence-electron chi connectivity index (χ0n) is 12.8. The van der Waals surface area contributed by atoms with Gasteiger partial charge in [-0.2, -0.15) is 0 Å². The van der Waals surface area contributed by atoms with E-state index in [2.05, 4.69) is 0 Å². The molecule has 0 fully saturated rings. The highest BCUT2D eigenvalue weighted by atomic mass is 35.5. The van der Waals surface area contributed by atoms with Crippen molar-refractivity contribution >= 4 is 44.8 Å². The fourth-order valence-corrected chi connectivity index (χ4v) is 3.11. The van der Waals surface area contributed by atoms with Gasteiger partial charge in [0.2, 0.25) is 15.9 Å². The third-order valence-electron chi connectivity index (χ3n) is 3.13. The lowest BCUT2D eigenvalue weighted by Crippen LogP contribution is -2.41. The molecule has 0 aliphatic carbocycles. The number of sulfonamides is 1. The number of hydrogen-bond acceptors (Lipinski definition) is 3. The average molecular weight is 367 g/mol. The number of carbonyl (C=O) groups excluding carboxylic acids is 1. The molecule has 0 unspecified atom stereocenters. The molecule has 0 heterocycles. The fourth-order valence-electron chi connectivity index (χ4n) is 1.82. The van der Waals surface area contributed by atoms with Gasteiger partial charge in [-0.3, -0.25) is 9.10 Å². The molecule has 0 N–H and O–H groups in total. The normalized spacial score (nSPS) is 11.3. The average Bonchev–Trinajstić information content (AvgIpc) is 2.43. The van der Waals surface area contributed by atoms with Gasteiger partial charge < -0.3 is 4.90 Å². The topological polar surface area (TPSA) is 57.7 Å². The van der Waals surface area contributed by atoms with Crippen molar-refractivity contribution in [3.05, 3.63) is 28.2 Å². The second-order valence-corrected chi connectivity index (χ2v) is 7.78. The number of anilines is 1. The van der Waals surface area contributed by atoms with Gasteiger partial charge >= 0.3 is 0 Å². The van der Waals surface area contributed by atoms with E-state index in [9.17, 15) is 13.2 Å². The smallest absolute Gasteiger partial charge is 0.243 e. The number of amides is 1. The van der Waals surface area contributed by atoms with Crippen molar-refractivity contribution in [3.8, 4) is 0 Å². The number of nitrogens with zero attached hydrogens (tertiary/aromatic N) is 2. The monoisotopic (exact) mass is 366 g/mol. The highest BCUT2D eigenvalue weighted by molar-refractivity contribution is 7.92. The maximum Gasteiger partial charge on any atom is 0.243 e. The van der Waals surface area contributed by atoms with Gasteiger partial charge in [0.15, 0.2) is 0 Å². The number of unbranched alkanes of at least 4 members (excludes halogenated alkanes) is 1. The maximum atomic E-state index is 12.2. The molecule has 1 aromatic rings. The fraction of sp³-hybridized carbons (Fsp3) is 0.500. The third kappa shape index (κ3) is 5.34. The van der Waals surface area contributed by atoms with Crippen molar-refractivity contribution in [1.82, 2.24) is 4.90 Å². The quantitative estimate of drug-likeness (QED) is 0.744. The molecule has 0 aromatic heterocycles. The van der Waals surface area contributed by atoms with Crippen LogP contribution in [0.1, 0.15) is 19.8 Å². The molecule has 5 nitrogen and oxygen atoms in total. The van der Waals surface area contributed by atoms with E-state index in [1.165, 1.54) is 17.0 Å². The highest BCUT2D eigenvalue weighted by Crippen LogP contribution is 2.30. The van der Waals surface area contributed by atoms with Gasteiger partial charge in [-0.15, -0.1) is 0 Å². The second kappa shape index (κ2) is 8.04. The first-order chi connectivity index (χ1) is 10.2. The van der Waals surface area contributed by atoms with E-state index in [0.29, 0.717) is 11.6 Å². The number of benzene rings is 1. The SMILES string of the molecule is CCCCN(C)C(=O)CN(c1cc(Cl)ccc1Cl)S(C)(=O)=O. The molecule has 0 saturated carbocycles. The van der Waals surface area contributed by atoms with Gasteiger partial charge in [0, 0.05) is 18.6 Å². The van der Waals surface area contributed by atoms with Gasteiger partial charge in [0.1, 0.15) is 6.54 Å². The molecule has 0 radical (unpaired) electrons. The zero-order valence-corrected chi connectivity index (χ0v) is 15.2. The van der Waals surface area contributed by atoms with E-state index in [1.54, 1.807) is 13.1 Å². The first kappa shape index (κ1) is 19.1. The summed E-state index contributed by atoms with van der Waals surface area (Å²) in [6.45, 7) is 2.29. The summed E-state index contributed by atoms with van der Waals surface area (Å²) in [6, 6.07) is 4.50. The van der Waals surface area contributed by atoms with E-state index < -0.39 is 10.0 Å². The third-order valence-corrected chi connectivity index (χ3v) is 4.81. The molecule has 22 heavy (non-hydrogen) atoms. The summed E-state index contributed by atoms with van der Waals surface area (Å²) in [5, 5.41) is 0.568. The first-order valence-electron chi connectivity index (χ1n) is 6.83. The minimum Gasteiger partial charge on any atom is -0.344 e. The molecule has 0 spiro atoms. The molecule has 1 aromatic carbocycles. The van der Waals surface area contributed by atoms with Crippen LogP contribution < -0.4 is 4.31 Å². The minimum absolute atomic E-state index is 0.203. The highest BCUT2D eigenvalue weighted by Gasteiger charge is 2.24. The molecule has 0 atom stereocenters. The van der Waals surface area contributed by atoms with Crippen LogP contribution in [0.2, 0.25) is 10.0 Å². The van der Waals surface area contributed by atoms with Crippen LogP contribution in [-0.4, -0.2) is 45.6 Å². The van der Waals surface area contributed by atoms with Crippen molar-refractivity contribution in [2.24, 2.45) is 0 Å². The van der Waals surface area contributed by atoms with Crippen molar-refractivity contribution in [2.75, 3.05) is 30.7 Å². The van der Waals surface area contributed by atoms with Crippen LogP contribution in [0.25, 0.3) is 0 Å². The lowest BCUT2D eigenvalue weighted by molar-refractivity contribution is -0.128. The van der Waals surface area contributed by atoms with Crippen molar-refractivity contribution in [1.29, 1.82) is 0 Å². The Labute approximate surface area is 141 Å². The van der Waals surface area contributed by atoms with E-state index in [4.69, 9.17) is 23.2 Å². The molecule has 0 aliphatic heterocycles. The van der Waals surface area contributed by atoms with Gasteiger partial charge in [-0.1, -0.05) is 36.5 Å². The maximum absolute atomic E-state index is 12.2. The number of hydrogen-bond donors (Lipinski definition) is 0. The Balaban J connectivity index is 3.06. The summed E-state index contributed by atoms with van der Waals surface area (Å²) in [7, 11) is -2.01. The Morgan fingerprint density at radius 3 is 2.45 bits per heavy atom. The molecule has 1 amide bonds. The van der Waals surface area contributed by atoms with E-state index in [0.717, 1.165) is 23.4 Å². The van der Waals surface area contributed by atoms with Gasteiger partial charge in [0.05, 0.1) is 17.0 Å². The van der Waals surface area contributed by atoms with Crippen LogP contribution in [0.15, 0.2) is 18.2 Å². The number of halogens is 2. The van der Waals surface area contributed by atoms with Crippen LogP contribution in [-0.2, 0) is 14.8 Å². The largest absolute Gasteiger partial charge is 0.344 e. The molecular formula is C14H20Cl2N2O3S. The van der Waals surface area contributed by atoms with Crippen molar-refractivity contribution in [2.45, 2.75) is 19.8 Å².